The third-order valence-corrected chi connectivity index (χ3v) is 20.0. The Morgan fingerprint density at radius 1 is 0.531 bits per heavy atom. The molecule has 2 heterocycles. The van der Waals surface area contributed by atoms with Crippen molar-refractivity contribution in [2.75, 3.05) is 0 Å². The summed E-state index contributed by atoms with van der Waals surface area (Å²) in [5.41, 5.74) is 13.6. The molecule has 49 heavy (non-hydrogen) atoms. The summed E-state index contributed by atoms with van der Waals surface area (Å²) in [6.45, 7) is 16.4. The first kappa shape index (κ1) is 30.7. The SMILES string of the molecule is CC#CC1=c2cc3c(cc2-c2c1sc1cc4ccccc4cc21)=C(C#C[Si](C(C)C)(C(C)C)C(C)C)c1sc2cc4ccccc4cc2c1-3. The van der Waals surface area contributed by atoms with E-state index in [0.717, 1.165) is 5.57 Å². The molecule has 0 saturated carbocycles. The van der Waals surface area contributed by atoms with E-state index in [1.54, 1.807) is 0 Å². The van der Waals surface area contributed by atoms with Gasteiger partial charge in [-0.05, 0) is 92.6 Å². The summed E-state index contributed by atoms with van der Waals surface area (Å²) in [6.07, 6.45) is 0. The van der Waals surface area contributed by atoms with Crippen LogP contribution in [0.25, 0.3) is 75.1 Å². The molecule has 9 rings (SSSR count). The number of fused-ring (bicyclic) bond motifs is 12. The lowest BCUT2D eigenvalue weighted by molar-refractivity contribution is 0.838. The molecule has 0 spiro atoms. The first-order valence-electron chi connectivity index (χ1n) is 17.5. The van der Waals surface area contributed by atoms with E-state index in [4.69, 9.17) is 0 Å². The van der Waals surface area contributed by atoms with Crippen molar-refractivity contribution in [1.82, 2.24) is 0 Å². The third-order valence-electron chi connectivity index (χ3n) is 11.3. The molecular formula is C46H38S2Si. The van der Waals surface area contributed by atoms with Gasteiger partial charge < -0.3 is 0 Å². The van der Waals surface area contributed by atoms with Gasteiger partial charge in [-0.25, -0.2) is 0 Å². The van der Waals surface area contributed by atoms with Gasteiger partial charge in [0.1, 0.15) is 8.07 Å². The topological polar surface area (TPSA) is 0 Å². The second-order valence-corrected chi connectivity index (χ2v) is 22.4. The average Bonchev–Trinajstić information content (AvgIpc) is 3.79. The molecule has 0 N–H and O–H groups in total. The van der Waals surface area contributed by atoms with Gasteiger partial charge in [-0.3, -0.25) is 0 Å². The molecule has 0 amide bonds. The highest BCUT2D eigenvalue weighted by atomic mass is 32.1. The lowest BCUT2D eigenvalue weighted by Gasteiger charge is -2.38. The fourth-order valence-corrected chi connectivity index (χ4v) is 16.8. The summed E-state index contributed by atoms with van der Waals surface area (Å²) in [4.78, 5) is 2.64. The van der Waals surface area contributed by atoms with E-state index in [-0.39, 0.29) is 0 Å². The molecule has 0 aliphatic heterocycles. The second kappa shape index (κ2) is 11.1. The minimum Gasteiger partial charge on any atom is -0.134 e. The largest absolute Gasteiger partial charge is 0.146 e. The molecule has 0 atom stereocenters. The van der Waals surface area contributed by atoms with Gasteiger partial charge in [0.25, 0.3) is 0 Å². The fraction of sp³-hybridized carbons (Fsp3) is 0.217. The summed E-state index contributed by atoms with van der Waals surface area (Å²) in [5.74, 6) is 10.8. The number of thiophene rings is 2. The Bertz CT molecular complexity index is 2810. The van der Waals surface area contributed by atoms with Gasteiger partial charge in [-0.15, -0.1) is 34.1 Å². The average molecular weight is 683 g/mol. The predicted octanol–water partition coefficient (Wildman–Crippen LogP) is 12.0. The van der Waals surface area contributed by atoms with Crippen molar-refractivity contribution in [1.29, 1.82) is 0 Å². The molecule has 3 heteroatoms. The van der Waals surface area contributed by atoms with E-state index in [9.17, 15) is 0 Å². The van der Waals surface area contributed by atoms with E-state index in [2.05, 4.69) is 150 Å². The van der Waals surface area contributed by atoms with Crippen LogP contribution in [0.4, 0.5) is 0 Å². The van der Waals surface area contributed by atoms with Gasteiger partial charge in [0, 0.05) is 47.3 Å². The van der Waals surface area contributed by atoms with Crippen LogP contribution in [-0.4, -0.2) is 8.07 Å². The Hall–Kier alpha value is -4.38. The number of hydrogen-bond acceptors (Lipinski definition) is 2. The maximum atomic E-state index is 4.13. The molecule has 0 fully saturated rings. The van der Waals surface area contributed by atoms with Gasteiger partial charge in [0.15, 0.2) is 0 Å². The summed E-state index contributed by atoms with van der Waals surface area (Å²) in [5, 5.41) is 10.4. The molecule has 5 aromatic carbocycles. The highest BCUT2D eigenvalue weighted by molar-refractivity contribution is 7.21. The van der Waals surface area contributed by atoms with Crippen LogP contribution in [0, 0.1) is 23.3 Å². The molecule has 2 aliphatic carbocycles. The molecule has 0 saturated heterocycles. The molecule has 0 radical (unpaired) electrons. The van der Waals surface area contributed by atoms with Crippen molar-refractivity contribution in [3.8, 4) is 45.6 Å². The lowest BCUT2D eigenvalue weighted by Crippen LogP contribution is -2.43. The Labute approximate surface area is 297 Å². The van der Waals surface area contributed by atoms with Gasteiger partial charge >= 0.3 is 0 Å². The third kappa shape index (κ3) is 4.30. The summed E-state index contributed by atoms with van der Waals surface area (Å²) < 4.78 is 2.66. The van der Waals surface area contributed by atoms with Crippen molar-refractivity contribution in [2.24, 2.45) is 0 Å². The van der Waals surface area contributed by atoms with Crippen LogP contribution in [0.5, 0.6) is 0 Å². The highest BCUT2D eigenvalue weighted by Gasteiger charge is 2.42. The zero-order valence-electron chi connectivity index (χ0n) is 29.1. The van der Waals surface area contributed by atoms with E-state index in [1.807, 2.05) is 29.6 Å². The number of rotatable bonds is 3. The van der Waals surface area contributed by atoms with Crippen LogP contribution in [0.1, 0.15) is 58.2 Å². The first-order valence-corrected chi connectivity index (χ1v) is 21.4. The predicted molar refractivity (Wildman–Crippen MR) is 220 cm³/mol. The van der Waals surface area contributed by atoms with E-state index < -0.39 is 8.07 Å². The van der Waals surface area contributed by atoms with Crippen LogP contribution >= 0.6 is 22.7 Å². The van der Waals surface area contributed by atoms with Gasteiger partial charge in [-0.1, -0.05) is 102 Å². The highest BCUT2D eigenvalue weighted by Crippen LogP contribution is 2.49. The van der Waals surface area contributed by atoms with Crippen LogP contribution in [-0.2, 0) is 0 Å². The zero-order chi connectivity index (χ0) is 33.8. The van der Waals surface area contributed by atoms with Crippen molar-refractivity contribution in [3.05, 3.63) is 105 Å². The smallest absolute Gasteiger partial charge is 0.134 e. The molecule has 0 nitrogen and oxygen atoms in total. The van der Waals surface area contributed by atoms with Crippen molar-refractivity contribution in [3.63, 3.8) is 0 Å². The Kier molecular flexibility index (Phi) is 6.92. The normalized spacial score (nSPS) is 13.3. The Morgan fingerprint density at radius 3 is 1.35 bits per heavy atom. The Morgan fingerprint density at radius 2 is 0.939 bits per heavy atom. The van der Waals surface area contributed by atoms with E-state index >= 15 is 0 Å². The standard InChI is InChI=1S/C46H38S2Si/c1-8-13-33-35-24-38-36(25-37(35)43-39-20-29-14-9-11-16-31(29)22-41(39)47-45(33)43)34(18-19-49(26(2)3,27(4)5)28(6)7)46-44(38)40-21-30-15-10-12-17-32(30)23-42(40)48-46/h9-12,14-17,20-28H,1-7H3. The molecule has 2 aliphatic rings. The first-order chi connectivity index (χ1) is 23.7. The second-order valence-electron chi connectivity index (χ2n) is 14.7. The van der Waals surface area contributed by atoms with Gasteiger partial charge in [0.2, 0.25) is 0 Å². The summed E-state index contributed by atoms with van der Waals surface area (Å²) >= 11 is 3.82. The number of benzene rings is 5. The number of hydrogen-bond donors (Lipinski definition) is 0. The van der Waals surface area contributed by atoms with Gasteiger partial charge in [-0.2, -0.15) is 0 Å². The molecule has 7 aromatic rings. The molecular weight excluding hydrogens is 645 g/mol. The van der Waals surface area contributed by atoms with E-state index in [1.165, 1.54) is 89.7 Å². The summed E-state index contributed by atoms with van der Waals surface area (Å²) in [6, 6.07) is 32.0. The maximum absolute atomic E-state index is 4.13. The van der Waals surface area contributed by atoms with Crippen LogP contribution in [0.15, 0.2) is 84.9 Å². The minimum absolute atomic E-state index is 0.577. The monoisotopic (exact) mass is 682 g/mol. The molecule has 238 valence electrons. The fourth-order valence-electron chi connectivity index (χ4n) is 9.10. The van der Waals surface area contributed by atoms with Crippen molar-refractivity contribution in [2.45, 2.75) is 65.1 Å². The molecule has 0 bridgehead atoms. The van der Waals surface area contributed by atoms with E-state index in [0.29, 0.717) is 16.6 Å². The van der Waals surface area contributed by atoms with Crippen LogP contribution in [0.3, 0.4) is 0 Å². The molecule has 2 aromatic heterocycles. The summed E-state index contributed by atoms with van der Waals surface area (Å²) in [7, 11) is -1.97. The van der Waals surface area contributed by atoms with Crippen LogP contribution < -0.4 is 10.4 Å². The van der Waals surface area contributed by atoms with Crippen molar-refractivity contribution < 1.29 is 0 Å². The van der Waals surface area contributed by atoms with Crippen molar-refractivity contribution >= 4 is 83.6 Å². The quantitative estimate of drug-likeness (QED) is 0.129. The van der Waals surface area contributed by atoms with Gasteiger partial charge in [0.05, 0.1) is 15.3 Å². The lowest BCUT2D eigenvalue weighted by atomic mass is 9.97. The van der Waals surface area contributed by atoms with Crippen LogP contribution in [0.2, 0.25) is 16.6 Å². The zero-order valence-corrected chi connectivity index (χ0v) is 31.8. The maximum Gasteiger partial charge on any atom is 0.146 e. The Balaban J connectivity index is 1.40. The molecule has 0 unspecified atom stereocenters. The minimum atomic E-state index is -1.97.